The topological polar surface area (TPSA) is 104 Å². The van der Waals surface area contributed by atoms with E-state index in [1.54, 1.807) is 41.3 Å². The molecule has 22 heavy (non-hydrogen) atoms. The zero-order chi connectivity index (χ0) is 15.9. The molecule has 6 nitrogen and oxygen atoms in total. The molecule has 0 aliphatic carbocycles. The molecule has 1 fully saturated rings. The van der Waals surface area contributed by atoms with Gasteiger partial charge in [-0.05, 0) is 31.0 Å². The van der Waals surface area contributed by atoms with E-state index in [1.165, 1.54) is 0 Å². The minimum Gasteiger partial charge on any atom is -0.345 e. The standard InChI is InChI=1S/C16H13N5O/c17-9-12(10-18)15(11-19)20-13-4-3-5-14(8-13)21-7-2-1-6-16(21)22/h3-5,8,20H,1-2,6-7H2. The zero-order valence-electron chi connectivity index (χ0n) is 11.8. The molecule has 6 heteroatoms. The summed E-state index contributed by atoms with van der Waals surface area (Å²) in [6.45, 7) is 0.672. The molecule has 0 radical (unpaired) electrons. The monoisotopic (exact) mass is 291 g/mol. The van der Waals surface area contributed by atoms with Crippen molar-refractivity contribution in [2.45, 2.75) is 19.3 Å². The first-order chi connectivity index (χ1) is 10.7. The average molecular weight is 291 g/mol. The van der Waals surface area contributed by atoms with Crippen molar-refractivity contribution in [2.75, 3.05) is 16.8 Å². The van der Waals surface area contributed by atoms with Crippen molar-refractivity contribution in [3.63, 3.8) is 0 Å². The smallest absolute Gasteiger partial charge is 0.226 e. The van der Waals surface area contributed by atoms with E-state index in [-0.39, 0.29) is 17.2 Å². The van der Waals surface area contributed by atoms with Crippen LogP contribution >= 0.6 is 0 Å². The van der Waals surface area contributed by atoms with Crippen molar-refractivity contribution in [3.05, 3.63) is 35.5 Å². The maximum absolute atomic E-state index is 11.9. The predicted molar refractivity (Wildman–Crippen MR) is 80.1 cm³/mol. The molecule has 0 saturated carbocycles. The van der Waals surface area contributed by atoms with Gasteiger partial charge in [-0.2, -0.15) is 15.8 Å². The Bertz CT molecular complexity index is 729. The van der Waals surface area contributed by atoms with Gasteiger partial charge < -0.3 is 10.2 Å². The van der Waals surface area contributed by atoms with Crippen LogP contribution in [0, 0.1) is 34.0 Å². The molecular formula is C16H13N5O. The normalized spacial score (nSPS) is 13.5. The number of benzene rings is 1. The first-order valence-electron chi connectivity index (χ1n) is 6.81. The highest BCUT2D eigenvalue weighted by molar-refractivity contribution is 5.94. The lowest BCUT2D eigenvalue weighted by Crippen LogP contribution is -2.35. The Morgan fingerprint density at radius 1 is 1.14 bits per heavy atom. The van der Waals surface area contributed by atoms with Crippen LogP contribution in [0.5, 0.6) is 0 Å². The van der Waals surface area contributed by atoms with E-state index in [4.69, 9.17) is 15.8 Å². The van der Waals surface area contributed by atoms with Gasteiger partial charge in [0.25, 0.3) is 0 Å². The second kappa shape index (κ2) is 6.92. The number of nitrogens with zero attached hydrogens (tertiary/aromatic N) is 4. The van der Waals surface area contributed by atoms with Crippen LogP contribution in [0.3, 0.4) is 0 Å². The van der Waals surface area contributed by atoms with Crippen molar-refractivity contribution in [2.24, 2.45) is 0 Å². The predicted octanol–water partition coefficient (Wildman–Crippen LogP) is 2.44. The van der Waals surface area contributed by atoms with Crippen LogP contribution in [0.1, 0.15) is 19.3 Å². The Balaban J connectivity index is 2.28. The summed E-state index contributed by atoms with van der Waals surface area (Å²) < 4.78 is 0. The third-order valence-corrected chi connectivity index (χ3v) is 3.34. The van der Waals surface area contributed by atoms with E-state index in [1.807, 2.05) is 6.07 Å². The highest BCUT2D eigenvalue weighted by atomic mass is 16.2. The molecule has 1 saturated heterocycles. The van der Waals surface area contributed by atoms with Crippen LogP contribution in [0.15, 0.2) is 35.5 Å². The van der Waals surface area contributed by atoms with Crippen LogP contribution in [0.25, 0.3) is 0 Å². The highest BCUT2D eigenvalue weighted by Gasteiger charge is 2.19. The molecule has 1 N–H and O–H groups in total. The van der Waals surface area contributed by atoms with Gasteiger partial charge in [0.1, 0.15) is 23.9 Å². The number of nitriles is 3. The largest absolute Gasteiger partial charge is 0.345 e. The molecular weight excluding hydrogens is 278 g/mol. The Morgan fingerprint density at radius 2 is 1.91 bits per heavy atom. The molecule has 1 aromatic rings. The summed E-state index contributed by atoms with van der Waals surface area (Å²) in [5.41, 5.74) is 0.909. The Hall–Kier alpha value is -3.30. The molecule has 0 unspecified atom stereocenters. The van der Waals surface area contributed by atoms with E-state index in [0.29, 0.717) is 18.7 Å². The molecule has 1 amide bonds. The third-order valence-electron chi connectivity index (χ3n) is 3.34. The lowest BCUT2D eigenvalue weighted by atomic mass is 10.1. The molecule has 2 rings (SSSR count). The fraction of sp³-hybridized carbons (Fsp3) is 0.250. The van der Waals surface area contributed by atoms with E-state index >= 15 is 0 Å². The van der Waals surface area contributed by atoms with Gasteiger partial charge in [0, 0.05) is 24.3 Å². The van der Waals surface area contributed by atoms with Crippen molar-refractivity contribution in [1.29, 1.82) is 15.8 Å². The molecule has 0 aromatic heterocycles. The number of hydrogen-bond acceptors (Lipinski definition) is 5. The van der Waals surface area contributed by atoms with Gasteiger partial charge in [-0.25, -0.2) is 0 Å². The fourth-order valence-electron chi connectivity index (χ4n) is 2.26. The Labute approximate surface area is 128 Å². The lowest BCUT2D eigenvalue weighted by molar-refractivity contribution is -0.119. The molecule has 0 atom stereocenters. The quantitative estimate of drug-likeness (QED) is 0.861. The molecule has 1 aliphatic heterocycles. The number of carbonyl (C=O) groups is 1. The van der Waals surface area contributed by atoms with E-state index in [2.05, 4.69) is 5.32 Å². The SMILES string of the molecule is N#CC(C#N)=C(C#N)Nc1cccc(N2CCCCC2=O)c1. The minimum absolute atomic E-state index is 0.0780. The summed E-state index contributed by atoms with van der Waals surface area (Å²) in [6.07, 6.45) is 2.40. The van der Waals surface area contributed by atoms with Crippen LogP contribution in [0.2, 0.25) is 0 Å². The molecule has 0 spiro atoms. The fourth-order valence-corrected chi connectivity index (χ4v) is 2.26. The second-order valence-corrected chi connectivity index (χ2v) is 4.76. The van der Waals surface area contributed by atoms with Gasteiger partial charge in [-0.3, -0.25) is 4.79 Å². The summed E-state index contributed by atoms with van der Waals surface area (Å²) in [5.74, 6) is 0.0780. The number of amides is 1. The van der Waals surface area contributed by atoms with Crippen molar-refractivity contribution >= 4 is 17.3 Å². The maximum Gasteiger partial charge on any atom is 0.226 e. The molecule has 108 valence electrons. The summed E-state index contributed by atoms with van der Waals surface area (Å²) in [7, 11) is 0. The Morgan fingerprint density at radius 3 is 2.55 bits per heavy atom. The van der Waals surface area contributed by atoms with Gasteiger partial charge in [0.2, 0.25) is 5.91 Å². The average Bonchev–Trinajstić information content (AvgIpc) is 2.55. The summed E-state index contributed by atoms with van der Waals surface area (Å²) >= 11 is 0. The first-order valence-corrected chi connectivity index (χ1v) is 6.81. The number of carbonyl (C=O) groups excluding carboxylic acids is 1. The van der Waals surface area contributed by atoms with Crippen LogP contribution in [0.4, 0.5) is 11.4 Å². The molecule has 0 bridgehead atoms. The van der Waals surface area contributed by atoms with Crippen LogP contribution in [-0.2, 0) is 4.79 Å². The lowest BCUT2D eigenvalue weighted by Gasteiger charge is -2.27. The maximum atomic E-state index is 11.9. The van der Waals surface area contributed by atoms with Gasteiger partial charge >= 0.3 is 0 Å². The number of allylic oxidation sites excluding steroid dienone is 2. The molecule has 1 aromatic carbocycles. The van der Waals surface area contributed by atoms with Crippen LogP contribution < -0.4 is 10.2 Å². The highest BCUT2D eigenvalue weighted by Crippen LogP contribution is 2.24. The third kappa shape index (κ3) is 3.23. The van der Waals surface area contributed by atoms with E-state index < -0.39 is 0 Å². The summed E-state index contributed by atoms with van der Waals surface area (Å²) in [4.78, 5) is 13.7. The van der Waals surface area contributed by atoms with Crippen molar-refractivity contribution in [1.82, 2.24) is 0 Å². The van der Waals surface area contributed by atoms with E-state index in [0.717, 1.165) is 18.5 Å². The number of anilines is 2. The van der Waals surface area contributed by atoms with Gasteiger partial charge in [0.05, 0.1) is 0 Å². The first kappa shape index (κ1) is 15.1. The van der Waals surface area contributed by atoms with Crippen LogP contribution in [-0.4, -0.2) is 12.5 Å². The van der Waals surface area contributed by atoms with Crippen molar-refractivity contribution in [3.8, 4) is 18.2 Å². The molecule has 1 heterocycles. The zero-order valence-corrected chi connectivity index (χ0v) is 11.8. The number of piperidine rings is 1. The minimum atomic E-state index is -0.276. The van der Waals surface area contributed by atoms with Gasteiger partial charge in [-0.15, -0.1) is 0 Å². The van der Waals surface area contributed by atoms with Gasteiger partial charge in [-0.1, -0.05) is 6.07 Å². The summed E-state index contributed by atoms with van der Waals surface area (Å²) in [6, 6.07) is 12.2. The Kier molecular flexibility index (Phi) is 4.75. The number of rotatable bonds is 3. The number of nitrogens with one attached hydrogen (secondary N) is 1. The summed E-state index contributed by atoms with van der Waals surface area (Å²) in [5, 5.41) is 29.5. The van der Waals surface area contributed by atoms with E-state index in [9.17, 15) is 4.79 Å². The van der Waals surface area contributed by atoms with Crippen molar-refractivity contribution < 1.29 is 4.79 Å². The second-order valence-electron chi connectivity index (χ2n) is 4.76. The number of hydrogen-bond donors (Lipinski definition) is 1. The van der Waals surface area contributed by atoms with Gasteiger partial charge in [0.15, 0.2) is 5.57 Å². The molecule has 1 aliphatic rings.